The third-order valence-corrected chi connectivity index (χ3v) is 6.68. The molecule has 0 aliphatic rings. The molecule has 1 N–H and O–H groups in total. The first kappa shape index (κ1) is 20.4. The van der Waals surface area contributed by atoms with Crippen molar-refractivity contribution < 1.29 is 17.7 Å². The van der Waals surface area contributed by atoms with Crippen molar-refractivity contribution in [2.75, 3.05) is 11.1 Å². The predicted molar refractivity (Wildman–Crippen MR) is 117 cm³/mol. The lowest BCUT2D eigenvalue weighted by Crippen LogP contribution is -2.23. The molecule has 0 aliphatic carbocycles. The van der Waals surface area contributed by atoms with Crippen LogP contribution in [0.25, 0.3) is 10.9 Å². The van der Waals surface area contributed by atoms with E-state index in [1.54, 1.807) is 25.3 Å². The van der Waals surface area contributed by atoms with Crippen LogP contribution in [-0.4, -0.2) is 29.8 Å². The third kappa shape index (κ3) is 4.31. The second kappa shape index (κ2) is 8.08. The van der Waals surface area contributed by atoms with E-state index in [2.05, 4.69) is 26.4 Å². The normalized spacial score (nSPS) is 11.7. The largest absolute Gasteiger partial charge is 0.360 e. The van der Waals surface area contributed by atoms with Crippen LogP contribution < -0.4 is 5.32 Å². The Hall–Kier alpha value is -2.91. The second-order valence-electron chi connectivity index (χ2n) is 6.90. The summed E-state index contributed by atoms with van der Waals surface area (Å²) in [6.07, 6.45) is 1.59. The predicted octanol–water partition coefficient (Wildman–Crippen LogP) is 4.16. The number of amides is 1. The number of sulfone groups is 1. The lowest BCUT2D eigenvalue weighted by atomic mass is 10.2. The molecule has 2 heterocycles. The zero-order chi connectivity index (χ0) is 21.3. The van der Waals surface area contributed by atoms with Crippen LogP contribution in [-0.2, 0) is 21.2 Å². The molecule has 0 unspecified atom stereocenters. The molecule has 0 saturated carbocycles. The van der Waals surface area contributed by atoms with Gasteiger partial charge in [0.2, 0.25) is 5.91 Å². The Labute approximate surface area is 181 Å². The Bertz CT molecular complexity index is 1340. The first-order chi connectivity index (χ1) is 14.3. The van der Waals surface area contributed by atoms with E-state index in [1.807, 2.05) is 41.0 Å². The lowest BCUT2D eigenvalue weighted by Gasteiger charge is -2.06. The summed E-state index contributed by atoms with van der Waals surface area (Å²) >= 11 is 3.46. The molecule has 2 aromatic heterocycles. The van der Waals surface area contributed by atoms with Crippen LogP contribution in [0.4, 0.5) is 5.82 Å². The van der Waals surface area contributed by atoms with Crippen molar-refractivity contribution in [2.24, 2.45) is 0 Å². The van der Waals surface area contributed by atoms with Crippen LogP contribution in [0.15, 0.2) is 74.7 Å². The number of para-hydroxylation sites is 1. The Kier molecular flexibility index (Phi) is 5.48. The Balaban J connectivity index is 1.65. The lowest BCUT2D eigenvalue weighted by molar-refractivity contribution is -0.113. The molecule has 1 amide bonds. The molecule has 4 rings (SSSR count). The Morgan fingerprint density at radius 1 is 1.17 bits per heavy atom. The van der Waals surface area contributed by atoms with Gasteiger partial charge in [0.1, 0.15) is 11.5 Å². The quantitative estimate of drug-likeness (QED) is 0.440. The first-order valence-electron chi connectivity index (χ1n) is 9.10. The number of hydrogen-bond acceptors (Lipinski definition) is 5. The molecule has 0 bridgehead atoms. The van der Waals surface area contributed by atoms with Crippen LogP contribution in [0.3, 0.4) is 0 Å². The molecule has 30 heavy (non-hydrogen) atoms. The summed E-state index contributed by atoms with van der Waals surface area (Å²) in [6, 6.07) is 16.6. The fraction of sp³-hybridized carbons (Fsp3) is 0.143. The molecular weight excluding hydrogens is 470 g/mol. The van der Waals surface area contributed by atoms with Gasteiger partial charge < -0.3 is 14.4 Å². The average Bonchev–Trinajstić information content (AvgIpc) is 3.25. The number of fused-ring (bicyclic) bond motifs is 1. The number of nitrogens with zero attached hydrogens (tertiary/aromatic N) is 2. The number of anilines is 1. The number of nitrogens with one attached hydrogen (secondary N) is 1. The number of hydrogen-bond donors (Lipinski definition) is 1. The van der Waals surface area contributed by atoms with E-state index >= 15 is 0 Å². The van der Waals surface area contributed by atoms with E-state index in [9.17, 15) is 13.2 Å². The van der Waals surface area contributed by atoms with Gasteiger partial charge in [-0.2, -0.15) is 0 Å². The molecule has 154 valence electrons. The van der Waals surface area contributed by atoms with Crippen molar-refractivity contribution in [3.63, 3.8) is 0 Å². The van der Waals surface area contributed by atoms with Crippen LogP contribution in [0, 0.1) is 6.92 Å². The minimum atomic E-state index is -3.88. The molecule has 9 heteroatoms. The topological polar surface area (TPSA) is 94.2 Å². The van der Waals surface area contributed by atoms with Crippen molar-refractivity contribution in [2.45, 2.75) is 18.4 Å². The van der Waals surface area contributed by atoms with Gasteiger partial charge in [-0.15, -0.1) is 0 Å². The summed E-state index contributed by atoms with van der Waals surface area (Å²) < 4.78 is 33.8. The zero-order valence-electron chi connectivity index (χ0n) is 16.0. The number of halogens is 1. The average molecular weight is 488 g/mol. The first-order valence-corrected chi connectivity index (χ1v) is 11.5. The van der Waals surface area contributed by atoms with Crippen molar-refractivity contribution in [3.05, 3.63) is 76.6 Å². The number of carbonyl (C=O) groups is 1. The van der Waals surface area contributed by atoms with Gasteiger partial charge in [-0.25, -0.2) is 8.42 Å². The van der Waals surface area contributed by atoms with Gasteiger partial charge in [0.05, 0.1) is 4.90 Å². The van der Waals surface area contributed by atoms with Gasteiger partial charge in [-0.1, -0.05) is 51.4 Å². The smallest absolute Gasteiger partial charge is 0.241 e. The Morgan fingerprint density at radius 3 is 2.70 bits per heavy atom. The van der Waals surface area contributed by atoms with Gasteiger partial charge in [0.15, 0.2) is 15.7 Å². The van der Waals surface area contributed by atoms with Gasteiger partial charge >= 0.3 is 0 Å². The van der Waals surface area contributed by atoms with E-state index in [0.29, 0.717) is 17.7 Å². The van der Waals surface area contributed by atoms with E-state index < -0.39 is 21.5 Å². The molecular formula is C21H18BrN3O4S. The number of carbonyl (C=O) groups excluding carboxylic acids is 1. The number of rotatable bonds is 6. The standard InChI is InChI=1S/C21H18BrN3O4S/c1-14-9-20(24-29-14)23-21(26)13-30(27,28)19-12-25(18-8-3-2-7-17(18)19)11-15-5-4-6-16(22)10-15/h2-10,12H,11,13H2,1H3,(H,23,24,26). The zero-order valence-corrected chi connectivity index (χ0v) is 18.4. The minimum Gasteiger partial charge on any atom is -0.360 e. The molecule has 7 nitrogen and oxygen atoms in total. The number of aryl methyl sites for hydroxylation is 1. The van der Waals surface area contributed by atoms with Crippen LogP contribution in [0.2, 0.25) is 0 Å². The van der Waals surface area contributed by atoms with Gasteiger partial charge in [-0.3, -0.25) is 4.79 Å². The maximum atomic E-state index is 13.0. The molecule has 0 radical (unpaired) electrons. The third-order valence-electron chi connectivity index (χ3n) is 4.55. The van der Waals surface area contributed by atoms with Crippen LogP contribution in [0.5, 0.6) is 0 Å². The summed E-state index contributed by atoms with van der Waals surface area (Å²) in [5.74, 6) is -0.662. The van der Waals surface area contributed by atoms with Crippen molar-refractivity contribution in [1.82, 2.24) is 9.72 Å². The van der Waals surface area contributed by atoms with Crippen molar-refractivity contribution in [3.8, 4) is 0 Å². The highest BCUT2D eigenvalue weighted by molar-refractivity contribution is 9.10. The molecule has 2 aromatic carbocycles. The van der Waals surface area contributed by atoms with Crippen LogP contribution >= 0.6 is 15.9 Å². The molecule has 0 aliphatic heterocycles. The molecule has 0 saturated heterocycles. The molecule has 0 spiro atoms. The van der Waals surface area contributed by atoms with Gasteiger partial charge in [-0.05, 0) is 30.7 Å². The SMILES string of the molecule is Cc1cc(NC(=O)CS(=O)(=O)c2cn(Cc3cccc(Br)c3)c3ccccc23)no1. The summed E-state index contributed by atoms with van der Waals surface area (Å²) in [6.45, 7) is 2.18. The van der Waals surface area contributed by atoms with Gasteiger partial charge in [0.25, 0.3) is 0 Å². The number of benzene rings is 2. The number of aromatic nitrogens is 2. The molecule has 0 atom stereocenters. The fourth-order valence-electron chi connectivity index (χ4n) is 3.28. The summed E-state index contributed by atoms with van der Waals surface area (Å²) in [5, 5.41) is 6.69. The summed E-state index contributed by atoms with van der Waals surface area (Å²) in [7, 11) is -3.88. The van der Waals surface area contributed by atoms with E-state index in [-0.39, 0.29) is 10.7 Å². The highest BCUT2D eigenvalue weighted by Crippen LogP contribution is 2.27. The highest BCUT2D eigenvalue weighted by Gasteiger charge is 2.25. The monoisotopic (exact) mass is 487 g/mol. The van der Waals surface area contributed by atoms with Crippen molar-refractivity contribution >= 4 is 48.4 Å². The fourth-order valence-corrected chi connectivity index (χ4v) is 5.09. The minimum absolute atomic E-state index is 0.125. The molecule has 4 aromatic rings. The summed E-state index contributed by atoms with van der Waals surface area (Å²) in [4.78, 5) is 12.4. The molecule has 0 fully saturated rings. The highest BCUT2D eigenvalue weighted by atomic mass is 79.9. The van der Waals surface area contributed by atoms with E-state index in [0.717, 1.165) is 15.6 Å². The van der Waals surface area contributed by atoms with Crippen molar-refractivity contribution in [1.29, 1.82) is 0 Å². The van der Waals surface area contributed by atoms with Gasteiger partial charge in [0, 0.05) is 34.2 Å². The maximum Gasteiger partial charge on any atom is 0.241 e. The second-order valence-corrected chi connectivity index (χ2v) is 9.77. The van der Waals surface area contributed by atoms with E-state index in [4.69, 9.17) is 4.52 Å². The van der Waals surface area contributed by atoms with E-state index in [1.165, 1.54) is 6.07 Å². The Morgan fingerprint density at radius 2 is 1.97 bits per heavy atom. The summed E-state index contributed by atoms with van der Waals surface area (Å²) in [5.41, 5.74) is 1.80. The van der Waals surface area contributed by atoms with Crippen LogP contribution in [0.1, 0.15) is 11.3 Å². The maximum absolute atomic E-state index is 13.0.